The number of nitrogens with two attached hydrogens (primary N) is 4. The van der Waals surface area contributed by atoms with Crippen LogP contribution in [0.25, 0.3) is 51.4 Å². The van der Waals surface area contributed by atoms with E-state index in [-0.39, 0.29) is 82.1 Å². The van der Waals surface area contributed by atoms with Gasteiger partial charge in [0.15, 0.2) is 34.2 Å². The molecule has 3 saturated carbocycles. The number of aliphatic hydroxyl groups excluding tert-OH is 2. The maximum absolute atomic E-state index is 13.1. The van der Waals surface area contributed by atoms with Crippen molar-refractivity contribution >= 4 is 94.6 Å². The molecule has 0 bridgehead atoms. The maximum Gasteiger partial charge on any atom is 0.416 e. The number of carbonyl (C=O) groups is 10. The summed E-state index contributed by atoms with van der Waals surface area (Å²) in [4.78, 5) is 152. The van der Waals surface area contributed by atoms with E-state index in [0.29, 0.717) is 100 Å². The molecule has 0 spiro atoms. The lowest BCUT2D eigenvalue weighted by atomic mass is 10.2. The highest BCUT2D eigenvalue weighted by Crippen LogP contribution is 2.37. The van der Waals surface area contributed by atoms with Crippen LogP contribution in [-0.2, 0) is 27.4 Å². The molecule has 0 aliphatic heterocycles. The zero-order chi connectivity index (χ0) is 91.3. The Labute approximate surface area is 725 Å². The highest BCUT2D eigenvalue weighted by molar-refractivity contribution is 6.08. The van der Waals surface area contributed by atoms with E-state index in [0.717, 1.165) is 56.0 Å². The van der Waals surface area contributed by atoms with Crippen molar-refractivity contribution in [2.24, 2.45) is 35.0 Å². The first kappa shape index (κ1) is 90.6. The van der Waals surface area contributed by atoms with E-state index in [2.05, 4.69) is 55.8 Å². The van der Waals surface area contributed by atoms with E-state index in [1.54, 1.807) is 151 Å². The molecular formula is C87H93N21O19. The number of aldehydes is 1. The first-order valence-corrected chi connectivity index (χ1v) is 39.9. The summed E-state index contributed by atoms with van der Waals surface area (Å²) in [7, 11) is 0. The van der Waals surface area contributed by atoms with Crippen LogP contribution in [0.15, 0.2) is 178 Å². The summed E-state index contributed by atoms with van der Waals surface area (Å²) in [6.07, 6.45) is 17.9. The summed E-state index contributed by atoms with van der Waals surface area (Å²) >= 11 is 0. The molecule has 0 unspecified atom stereocenters. The van der Waals surface area contributed by atoms with Crippen molar-refractivity contribution in [2.75, 3.05) is 50.7 Å². The Hall–Kier alpha value is -15.6. The molecule has 40 heteroatoms. The van der Waals surface area contributed by atoms with Gasteiger partial charge in [0.25, 0.3) is 29.5 Å². The Balaban J connectivity index is 0.000000162. The normalized spacial score (nSPS) is 12.9. The van der Waals surface area contributed by atoms with Gasteiger partial charge in [0, 0.05) is 60.5 Å². The fraction of sp³-hybridized carbons (Fsp3) is 0.299. The van der Waals surface area contributed by atoms with Gasteiger partial charge in [-0.3, -0.25) is 43.5 Å². The third-order valence-electron chi connectivity index (χ3n) is 18.7. The Kier molecular flexibility index (Phi) is 27.7. The van der Waals surface area contributed by atoms with Gasteiger partial charge in [-0.05, 0) is 215 Å². The fourth-order valence-electron chi connectivity index (χ4n) is 11.9. The first-order chi connectivity index (χ1) is 60.3. The quantitative estimate of drug-likeness (QED) is 0.0180. The summed E-state index contributed by atoms with van der Waals surface area (Å²) in [6, 6.07) is 30.2. The van der Waals surface area contributed by atoms with Crippen LogP contribution in [0.1, 0.15) is 185 Å². The van der Waals surface area contributed by atoms with Gasteiger partial charge in [-0.25, -0.2) is 63.1 Å². The molecule has 13 N–H and O–H groups in total. The minimum atomic E-state index is -1.17. The Morgan fingerprint density at radius 2 is 0.764 bits per heavy atom. The average Bonchev–Trinajstić information content (AvgIpc) is 1.65. The molecule has 0 radical (unpaired) electrons. The molecule has 127 heavy (non-hydrogen) atoms. The molecule has 3 aromatic carbocycles. The second-order valence-electron chi connectivity index (χ2n) is 32.6. The van der Waals surface area contributed by atoms with Gasteiger partial charge >= 0.3 is 24.2 Å². The van der Waals surface area contributed by atoms with Crippen molar-refractivity contribution in [1.29, 1.82) is 0 Å². The summed E-state index contributed by atoms with van der Waals surface area (Å²) in [6.45, 7) is 17.6. The average molecular weight is 1740 g/mol. The number of aromatic nitrogens is 12. The van der Waals surface area contributed by atoms with Crippen LogP contribution >= 0.6 is 0 Å². The molecule has 0 atom stereocenters. The number of nitrogens with one attached hydrogen (secondary N) is 2. The Morgan fingerprint density at radius 3 is 1.05 bits per heavy atom. The molecule has 9 aromatic heterocycles. The number of carboxylic acid groups (broad SMARTS) is 1. The molecule has 40 nitrogen and oxygen atoms in total. The van der Waals surface area contributed by atoms with Crippen molar-refractivity contribution in [3.8, 4) is 51.4 Å². The number of rotatable bonds is 26. The Bertz CT molecular complexity index is 6020. The molecule has 9 heterocycles. The molecule has 3 aliphatic rings. The molecule has 3 aliphatic carbocycles. The first-order valence-electron chi connectivity index (χ1n) is 39.9. The molecule has 660 valence electrons. The molecule has 8 amide bonds. The van der Waals surface area contributed by atoms with Gasteiger partial charge in [0.1, 0.15) is 59.3 Å². The number of carboxylic acids is 1. The number of primary amides is 3. The van der Waals surface area contributed by atoms with Gasteiger partial charge in [-0.1, -0.05) is 24.3 Å². The number of hydrogen-bond acceptors (Lipinski definition) is 28. The van der Waals surface area contributed by atoms with Gasteiger partial charge in [0.05, 0.1) is 65.9 Å². The topological polar surface area (TPSA) is 567 Å². The van der Waals surface area contributed by atoms with Crippen LogP contribution in [0.4, 0.5) is 48.9 Å². The molecule has 0 saturated heterocycles. The maximum atomic E-state index is 13.1. The van der Waals surface area contributed by atoms with Gasteiger partial charge in [-0.2, -0.15) is 15.3 Å². The highest BCUT2D eigenvalue weighted by Gasteiger charge is 2.36. The number of hydrogen-bond donors (Lipinski definition) is 9. The largest absolute Gasteiger partial charge is 0.476 e. The monoisotopic (exact) mass is 1740 g/mol. The molecule has 15 rings (SSSR count). The molecular weight excluding hydrogens is 1640 g/mol. The van der Waals surface area contributed by atoms with E-state index >= 15 is 0 Å². The number of aromatic carboxylic acids is 1. The number of amides is 8. The summed E-state index contributed by atoms with van der Waals surface area (Å²) in [5, 5.41) is 44.7. The zero-order valence-electron chi connectivity index (χ0n) is 70.6. The summed E-state index contributed by atoms with van der Waals surface area (Å²) < 4.78 is 37.3. The van der Waals surface area contributed by atoms with Gasteiger partial charge < -0.3 is 76.3 Å². The van der Waals surface area contributed by atoms with Crippen molar-refractivity contribution in [3.63, 3.8) is 0 Å². The second kappa shape index (κ2) is 38.9. The minimum absolute atomic E-state index is 0.0198. The molecule has 12 aromatic rings. The number of carbonyl (C=O) groups excluding carboxylic acids is 9. The number of benzene rings is 3. The fourth-order valence-corrected chi connectivity index (χ4v) is 11.9. The van der Waals surface area contributed by atoms with Crippen LogP contribution in [-0.4, -0.2) is 171 Å². The number of oxazole rings is 3. The van der Waals surface area contributed by atoms with Crippen molar-refractivity contribution in [2.45, 2.75) is 131 Å². The van der Waals surface area contributed by atoms with Crippen LogP contribution in [0.2, 0.25) is 0 Å². The van der Waals surface area contributed by atoms with Gasteiger partial charge in [-0.15, -0.1) is 0 Å². The van der Waals surface area contributed by atoms with E-state index in [1.165, 1.54) is 78.5 Å². The smallest absolute Gasteiger partial charge is 0.416 e. The SMILES string of the molecule is CC(C)(C)OC(=O)N(CC1CC1)c1cc(-c2nc(C(=O)Nc3cn(-c4ccc(C=O)cc4)nc3C(N)=O)co2)ccn1.CC(C)(C)OC(=O)N(CC1CC1)c1cc(-c2nc(C(=O)Nc3cn(-c4ccc(CO)cc4)nc3C(N)=O)co2)ccn1.CC(C)(C)OC(=O)N(CC1CC1)c1cc(-c2nc(C(=O)O)co2)ccn1.NC(=O)c1nn(-c2ccc(CO)cc2)cc1N. The van der Waals surface area contributed by atoms with Crippen LogP contribution in [0.5, 0.6) is 0 Å². The van der Waals surface area contributed by atoms with Crippen molar-refractivity contribution < 1.29 is 90.7 Å². The van der Waals surface area contributed by atoms with Crippen LogP contribution < -0.4 is 48.3 Å². The van der Waals surface area contributed by atoms with Crippen LogP contribution in [0, 0.1) is 17.8 Å². The molecule has 3 fully saturated rings. The third kappa shape index (κ3) is 24.6. The summed E-state index contributed by atoms with van der Waals surface area (Å²) in [5.41, 5.74) is 25.0. The Morgan fingerprint density at radius 1 is 0.457 bits per heavy atom. The number of aliphatic hydroxyl groups is 2. The summed E-state index contributed by atoms with van der Waals surface area (Å²) in [5.74, 6) is -2.04. The standard InChI is InChI=1S/C29H31N7O6.C29H29N7O6.C18H21N3O5.C11H12N4O2/c2*1-29(2,3)42-28(40)35(13-17-4-5-17)23-12-19(10-11-31-23)27-33-22(16-41-27)26(39)32-21-14-36(34-24(21)25(30)38)20-8-6-18(15-37)7-9-20;1-18(2,3)26-17(24)21(9-11-4-5-11)14-8-12(6-7-19-14)15-20-13(10-25-15)16(22)23;12-9-5-15(14-10(9)11(13)17)8-3-1-7(6-16)2-4-8/h6-12,14,16-17,37H,4-5,13,15H2,1-3H3,(H2,30,38)(H,32,39);6-12,14-17H,4-5,13H2,1-3H3,(H2,30,38)(H,32,39);6-8,10-11H,4-5,9H2,1-3H3,(H,22,23);1-5,16H,6,12H2,(H2,13,17). The lowest BCUT2D eigenvalue weighted by molar-refractivity contribution is 0.0566. The lowest BCUT2D eigenvalue weighted by Crippen LogP contribution is -2.38. The number of nitrogens with zero attached hydrogens (tertiary/aromatic N) is 15. The number of nitrogen functional groups attached to an aromatic ring is 1. The second-order valence-corrected chi connectivity index (χ2v) is 32.6. The third-order valence-corrected chi connectivity index (χ3v) is 18.7. The predicted octanol–water partition coefficient (Wildman–Crippen LogP) is 11.8. The minimum Gasteiger partial charge on any atom is -0.476 e. The highest BCUT2D eigenvalue weighted by atomic mass is 16.6. The van der Waals surface area contributed by atoms with Crippen molar-refractivity contribution in [3.05, 3.63) is 216 Å². The zero-order valence-corrected chi connectivity index (χ0v) is 70.6. The predicted molar refractivity (Wildman–Crippen MR) is 459 cm³/mol. The lowest BCUT2D eigenvalue weighted by Gasteiger charge is -2.27. The van der Waals surface area contributed by atoms with E-state index < -0.39 is 70.6 Å². The number of pyridine rings is 3. The van der Waals surface area contributed by atoms with E-state index in [4.69, 9.17) is 60.6 Å². The van der Waals surface area contributed by atoms with Crippen LogP contribution in [0.3, 0.4) is 0 Å². The number of anilines is 6. The van der Waals surface area contributed by atoms with Crippen molar-refractivity contribution in [1.82, 2.24) is 59.2 Å². The van der Waals surface area contributed by atoms with Gasteiger partial charge in [0.2, 0.25) is 17.7 Å². The van der Waals surface area contributed by atoms with E-state index in [1.807, 2.05) is 20.8 Å². The number of ether oxygens (including phenoxy) is 3. The van der Waals surface area contributed by atoms with E-state index in [9.17, 15) is 53.1 Å².